The summed E-state index contributed by atoms with van der Waals surface area (Å²) in [5, 5.41) is 20.4. The highest BCUT2D eigenvalue weighted by atomic mass is 16.6. The van der Waals surface area contributed by atoms with E-state index in [0.717, 1.165) is 12.0 Å². The molecule has 2 aliphatic carbocycles. The molecule has 0 unspecified atom stereocenters. The second-order valence-electron chi connectivity index (χ2n) is 9.51. The zero-order valence-electron chi connectivity index (χ0n) is 19.7. The summed E-state index contributed by atoms with van der Waals surface area (Å²) < 4.78 is 17.1. The molecular weight excluding hydrogens is 412 g/mol. The van der Waals surface area contributed by atoms with Crippen LogP contribution in [-0.2, 0) is 23.8 Å². The molecule has 1 saturated heterocycles. The van der Waals surface area contributed by atoms with Gasteiger partial charge in [0, 0.05) is 25.9 Å². The number of hydrogen-bond donors (Lipinski definition) is 2. The zero-order valence-corrected chi connectivity index (χ0v) is 19.7. The summed E-state index contributed by atoms with van der Waals surface area (Å²) in [5.74, 6) is -0.381. The Bertz CT molecular complexity index is 730. The van der Waals surface area contributed by atoms with Gasteiger partial charge in [-0.05, 0) is 43.1 Å². The number of allylic oxidation sites excluding steroid dienone is 2. The summed E-state index contributed by atoms with van der Waals surface area (Å²) in [7, 11) is 1.53. The van der Waals surface area contributed by atoms with Crippen LogP contribution in [0.1, 0.15) is 65.7 Å². The van der Waals surface area contributed by atoms with Gasteiger partial charge in [-0.3, -0.25) is 4.79 Å². The van der Waals surface area contributed by atoms with Crippen molar-refractivity contribution < 1.29 is 34.0 Å². The third kappa shape index (κ3) is 5.26. The number of aliphatic hydroxyl groups excluding tert-OH is 2. The number of aliphatic hydroxyl groups is 2. The Morgan fingerprint density at radius 2 is 1.94 bits per heavy atom. The molecule has 7 nitrogen and oxygen atoms in total. The lowest BCUT2D eigenvalue weighted by Gasteiger charge is -2.44. The molecule has 0 bridgehead atoms. The van der Waals surface area contributed by atoms with Crippen LogP contribution in [0.15, 0.2) is 23.8 Å². The number of esters is 2. The number of methoxy groups -OCH3 is 1. The zero-order chi connectivity index (χ0) is 23.5. The van der Waals surface area contributed by atoms with Gasteiger partial charge in [-0.2, -0.15) is 0 Å². The summed E-state index contributed by atoms with van der Waals surface area (Å²) >= 11 is 0. The quantitative estimate of drug-likeness (QED) is 0.548. The molecule has 3 aliphatic rings. The molecule has 0 aromatic heterocycles. The molecular formula is C25H38O7. The van der Waals surface area contributed by atoms with E-state index in [1.54, 1.807) is 0 Å². The van der Waals surface area contributed by atoms with Crippen molar-refractivity contribution in [2.75, 3.05) is 7.11 Å². The molecule has 3 rings (SSSR count). The average molecular weight is 451 g/mol. The summed E-state index contributed by atoms with van der Waals surface area (Å²) in [4.78, 5) is 24.8. The van der Waals surface area contributed by atoms with Gasteiger partial charge in [0.05, 0.1) is 18.6 Å². The summed E-state index contributed by atoms with van der Waals surface area (Å²) in [6, 6.07) is 0. The number of carbonyl (C=O) groups excluding carboxylic acids is 2. The van der Waals surface area contributed by atoms with Crippen LogP contribution in [0.25, 0.3) is 0 Å². The Balaban J connectivity index is 1.78. The Labute approximate surface area is 190 Å². The molecule has 7 heteroatoms. The predicted octanol–water partition coefficient (Wildman–Crippen LogP) is 3.08. The maximum absolute atomic E-state index is 13.1. The number of rotatable bonds is 8. The van der Waals surface area contributed by atoms with E-state index in [1.807, 2.05) is 26.0 Å². The van der Waals surface area contributed by atoms with Crippen molar-refractivity contribution in [2.45, 2.75) is 95.7 Å². The van der Waals surface area contributed by atoms with Gasteiger partial charge in [-0.1, -0.05) is 39.0 Å². The monoisotopic (exact) mass is 450 g/mol. The van der Waals surface area contributed by atoms with E-state index < -0.39 is 23.9 Å². The topological polar surface area (TPSA) is 102 Å². The van der Waals surface area contributed by atoms with E-state index in [0.29, 0.717) is 32.1 Å². The van der Waals surface area contributed by atoms with E-state index in [4.69, 9.17) is 14.2 Å². The minimum Gasteiger partial charge on any atom is -0.462 e. The van der Waals surface area contributed by atoms with Crippen LogP contribution in [0.5, 0.6) is 0 Å². The highest BCUT2D eigenvalue weighted by molar-refractivity contribution is 5.79. The van der Waals surface area contributed by atoms with Crippen molar-refractivity contribution in [2.24, 2.45) is 17.8 Å². The van der Waals surface area contributed by atoms with Crippen LogP contribution >= 0.6 is 0 Å². The van der Waals surface area contributed by atoms with Crippen molar-refractivity contribution >= 4 is 11.9 Å². The number of fused-ring (bicyclic) bond motifs is 1. The molecule has 0 spiro atoms. The van der Waals surface area contributed by atoms with Crippen molar-refractivity contribution in [3.05, 3.63) is 23.8 Å². The standard InChI is InChI=1S/C25H38O7/c1-5-25(6-2,30-4)24(29)32-21-13-17(26)11-16-8-7-15(3)20(23(16)21)10-9-19-12-18(27)14-22(28)31-19/h7-8,11,15,17-21,23,26-27H,5-6,9-10,12-14H2,1-4H3/t15-,17+,18+,19+,20-,21-,23-/m0/s1. The lowest BCUT2D eigenvalue weighted by molar-refractivity contribution is -0.181. The van der Waals surface area contributed by atoms with E-state index in [2.05, 4.69) is 13.0 Å². The van der Waals surface area contributed by atoms with Crippen LogP contribution in [-0.4, -0.2) is 59.3 Å². The van der Waals surface area contributed by atoms with Gasteiger partial charge in [0.15, 0.2) is 5.60 Å². The van der Waals surface area contributed by atoms with Gasteiger partial charge in [0.1, 0.15) is 12.2 Å². The Morgan fingerprint density at radius 1 is 1.22 bits per heavy atom. The molecule has 0 aromatic carbocycles. The van der Waals surface area contributed by atoms with Gasteiger partial charge in [0.25, 0.3) is 0 Å². The molecule has 0 radical (unpaired) electrons. The fourth-order valence-electron chi connectivity index (χ4n) is 5.56. The van der Waals surface area contributed by atoms with Crippen molar-refractivity contribution in [3.63, 3.8) is 0 Å². The van der Waals surface area contributed by atoms with Crippen LogP contribution in [0, 0.1) is 17.8 Å². The average Bonchev–Trinajstić information content (AvgIpc) is 2.74. The van der Waals surface area contributed by atoms with Gasteiger partial charge >= 0.3 is 11.9 Å². The van der Waals surface area contributed by atoms with Gasteiger partial charge in [0.2, 0.25) is 0 Å². The fourth-order valence-corrected chi connectivity index (χ4v) is 5.56. The summed E-state index contributed by atoms with van der Waals surface area (Å²) in [6.07, 6.45) is 7.23. The minimum absolute atomic E-state index is 0.0465. The lowest BCUT2D eigenvalue weighted by Crippen LogP contribution is -2.48. The Morgan fingerprint density at radius 3 is 2.56 bits per heavy atom. The molecule has 180 valence electrons. The number of ether oxygens (including phenoxy) is 3. The molecule has 32 heavy (non-hydrogen) atoms. The minimum atomic E-state index is -0.982. The SMILES string of the molecule is CCC(CC)(OC)C(=O)O[C@H]1C[C@H](O)C=C2C=C[C@H](C)[C@H](CC[C@@H]3C[C@@H](O)CC(=O)O3)[C@H]21. The molecule has 1 fully saturated rings. The Hall–Kier alpha value is -1.70. The number of hydrogen-bond acceptors (Lipinski definition) is 7. The first-order valence-corrected chi connectivity index (χ1v) is 11.9. The highest BCUT2D eigenvalue weighted by Gasteiger charge is 2.45. The van der Waals surface area contributed by atoms with E-state index in [-0.39, 0.29) is 42.2 Å². The van der Waals surface area contributed by atoms with Crippen LogP contribution in [0.4, 0.5) is 0 Å². The molecule has 0 saturated carbocycles. The molecule has 7 atom stereocenters. The van der Waals surface area contributed by atoms with E-state index >= 15 is 0 Å². The Kier molecular flexibility index (Phi) is 8.17. The molecule has 1 heterocycles. The first kappa shape index (κ1) is 24.9. The van der Waals surface area contributed by atoms with E-state index in [9.17, 15) is 19.8 Å². The first-order valence-electron chi connectivity index (χ1n) is 11.9. The van der Waals surface area contributed by atoms with Crippen molar-refractivity contribution in [1.82, 2.24) is 0 Å². The van der Waals surface area contributed by atoms with Gasteiger partial charge < -0.3 is 24.4 Å². The van der Waals surface area contributed by atoms with Crippen LogP contribution in [0.3, 0.4) is 0 Å². The third-order valence-corrected chi connectivity index (χ3v) is 7.59. The molecule has 2 N–H and O–H groups in total. The maximum Gasteiger partial charge on any atom is 0.338 e. The van der Waals surface area contributed by atoms with E-state index in [1.165, 1.54) is 7.11 Å². The number of cyclic esters (lactones) is 1. The third-order valence-electron chi connectivity index (χ3n) is 7.59. The molecule has 0 amide bonds. The molecule has 0 aromatic rings. The fraction of sp³-hybridized carbons (Fsp3) is 0.760. The first-order chi connectivity index (χ1) is 15.2. The maximum atomic E-state index is 13.1. The molecule has 1 aliphatic heterocycles. The van der Waals surface area contributed by atoms with Crippen LogP contribution < -0.4 is 0 Å². The lowest BCUT2D eigenvalue weighted by atomic mass is 9.66. The smallest absolute Gasteiger partial charge is 0.338 e. The van der Waals surface area contributed by atoms with Crippen LogP contribution in [0.2, 0.25) is 0 Å². The summed E-state index contributed by atoms with van der Waals surface area (Å²) in [6.45, 7) is 5.95. The summed E-state index contributed by atoms with van der Waals surface area (Å²) in [5.41, 5.74) is 0.00554. The highest BCUT2D eigenvalue weighted by Crippen LogP contribution is 2.44. The largest absolute Gasteiger partial charge is 0.462 e. The normalized spacial score (nSPS) is 35.0. The van der Waals surface area contributed by atoms with Gasteiger partial charge in [-0.25, -0.2) is 4.79 Å². The van der Waals surface area contributed by atoms with Gasteiger partial charge in [-0.15, -0.1) is 0 Å². The predicted molar refractivity (Wildman–Crippen MR) is 119 cm³/mol. The number of carbonyl (C=O) groups is 2. The second-order valence-corrected chi connectivity index (χ2v) is 9.51. The van der Waals surface area contributed by atoms with Crippen molar-refractivity contribution in [1.29, 1.82) is 0 Å². The van der Waals surface area contributed by atoms with Crippen molar-refractivity contribution in [3.8, 4) is 0 Å². The second kappa shape index (κ2) is 10.5.